The molecule has 1 aliphatic heterocycles. The third-order valence-corrected chi connectivity index (χ3v) is 6.53. The number of ether oxygens (including phenoxy) is 3. The summed E-state index contributed by atoms with van der Waals surface area (Å²) in [6.07, 6.45) is 1.97. The van der Waals surface area contributed by atoms with E-state index in [1.165, 1.54) is 12.8 Å². The standard InChI is InChI=1S/C26H37BrN2O4/c1-20-10-12-29(13-11-20)14-15-32-25-9-4-21(16-26(25)31-3)17-28(2)18-23(30)19-33-24-7-5-22(27)6-8-24/h4-9,16,20,23,30H,10-15,17-19H2,1-3H3. The minimum absolute atomic E-state index is 0.248. The zero-order chi connectivity index (χ0) is 23.6. The first kappa shape index (κ1) is 25.8. The number of likely N-dealkylation sites (tertiary alicyclic amines) is 1. The number of halogens is 1. The van der Waals surface area contributed by atoms with E-state index in [9.17, 15) is 5.11 Å². The van der Waals surface area contributed by atoms with Gasteiger partial charge in [0, 0.05) is 24.1 Å². The molecule has 2 aromatic carbocycles. The zero-order valence-corrected chi connectivity index (χ0v) is 21.6. The van der Waals surface area contributed by atoms with E-state index in [1.54, 1.807) is 7.11 Å². The van der Waals surface area contributed by atoms with E-state index in [0.717, 1.165) is 52.8 Å². The Morgan fingerprint density at radius 3 is 2.52 bits per heavy atom. The molecular weight excluding hydrogens is 484 g/mol. The molecule has 0 radical (unpaired) electrons. The maximum Gasteiger partial charge on any atom is 0.161 e. The Morgan fingerprint density at radius 1 is 1.09 bits per heavy atom. The average molecular weight is 521 g/mol. The summed E-state index contributed by atoms with van der Waals surface area (Å²) < 4.78 is 18.3. The van der Waals surface area contributed by atoms with Gasteiger partial charge in [-0.3, -0.25) is 9.80 Å². The van der Waals surface area contributed by atoms with Gasteiger partial charge in [-0.05, 0) is 80.9 Å². The molecular formula is C26H37BrN2O4. The van der Waals surface area contributed by atoms with E-state index in [1.807, 2.05) is 43.4 Å². The molecule has 1 N–H and O–H groups in total. The summed E-state index contributed by atoms with van der Waals surface area (Å²) in [7, 11) is 3.66. The molecule has 1 atom stereocenters. The van der Waals surface area contributed by atoms with Gasteiger partial charge in [-0.2, -0.15) is 0 Å². The lowest BCUT2D eigenvalue weighted by Gasteiger charge is -2.30. The topological polar surface area (TPSA) is 54.4 Å². The second-order valence-electron chi connectivity index (χ2n) is 8.97. The predicted molar refractivity (Wildman–Crippen MR) is 135 cm³/mol. The van der Waals surface area contributed by atoms with Crippen LogP contribution in [0.1, 0.15) is 25.3 Å². The fraction of sp³-hybridized carbons (Fsp3) is 0.538. The second kappa shape index (κ2) is 13.2. The van der Waals surface area contributed by atoms with Gasteiger partial charge in [0.15, 0.2) is 11.5 Å². The Kier molecular flexibility index (Phi) is 10.3. The molecule has 0 saturated carbocycles. The number of hydrogen-bond acceptors (Lipinski definition) is 6. The van der Waals surface area contributed by atoms with E-state index >= 15 is 0 Å². The van der Waals surface area contributed by atoms with Gasteiger partial charge in [0.1, 0.15) is 25.1 Å². The van der Waals surface area contributed by atoms with Crippen LogP contribution < -0.4 is 14.2 Å². The van der Waals surface area contributed by atoms with Crippen molar-refractivity contribution in [1.29, 1.82) is 0 Å². The highest BCUT2D eigenvalue weighted by atomic mass is 79.9. The Morgan fingerprint density at radius 2 is 1.82 bits per heavy atom. The number of nitrogens with zero attached hydrogens (tertiary/aromatic N) is 2. The number of aliphatic hydroxyl groups excluding tert-OH is 1. The first-order chi connectivity index (χ1) is 15.9. The van der Waals surface area contributed by atoms with Crippen LogP contribution in [0.2, 0.25) is 0 Å². The van der Waals surface area contributed by atoms with E-state index in [2.05, 4.69) is 38.7 Å². The molecule has 7 heteroatoms. The summed E-state index contributed by atoms with van der Waals surface area (Å²) >= 11 is 3.40. The highest BCUT2D eigenvalue weighted by molar-refractivity contribution is 9.10. The summed E-state index contributed by atoms with van der Waals surface area (Å²) in [4.78, 5) is 4.55. The molecule has 1 heterocycles. The Labute approximate surface area is 206 Å². The maximum atomic E-state index is 10.4. The number of methoxy groups -OCH3 is 1. The maximum absolute atomic E-state index is 10.4. The van der Waals surface area contributed by atoms with Crippen molar-refractivity contribution in [3.8, 4) is 17.2 Å². The van der Waals surface area contributed by atoms with Crippen molar-refractivity contribution in [2.75, 3.05) is 53.6 Å². The number of hydrogen-bond donors (Lipinski definition) is 1. The van der Waals surface area contributed by atoms with Crippen LogP contribution in [0.15, 0.2) is 46.9 Å². The highest BCUT2D eigenvalue weighted by Crippen LogP contribution is 2.28. The van der Waals surface area contributed by atoms with Gasteiger partial charge in [-0.15, -0.1) is 0 Å². The average Bonchev–Trinajstić information content (AvgIpc) is 2.80. The SMILES string of the molecule is COc1cc(CN(C)CC(O)COc2ccc(Br)cc2)ccc1OCCN1CCC(C)CC1. The molecule has 0 spiro atoms. The third-order valence-electron chi connectivity index (χ3n) is 6.00. The van der Waals surface area contributed by atoms with Crippen LogP contribution in [-0.2, 0) is 6.54 Å². The Balaban J connectivity index is 1.42. The number of benzene rings is 2. The van der Waals surface area contributed by atoms with E-state index in [4.69, 9.17) is 14.2 Å². The molecule has 0 aromatic heterocycles. The van der Waals surface area contributed by atoms with Crippen molar-refractivity contribution in [2.24, 2.45) is 5.92 Å². The molecule has 6 nitrogen and oxygen atoms in total. The van der Waals surface area contributed by atoms with Gasteiger partial charge in [0.05, 0.1) is 7.11 Å². The lowest BCUT2D eigenvalue weighted by atomic mass is 9.99. The number of likely N-dealkylation sites (N-methyl/N-ethyl adjacent to an activating group) is 1. The van der Waals surface area contributed by atoms with Gasteiger partial charge >= 0.3 is 0 Å². The van der Waals surface area contributed by atoms with Crippen molar-refractivity contribution < 1.29 is 19.3 Å². The smallest absolute Gasteiger partial charge is 0.161 e. The Bertz CT molecular complexity index is 841. The van der Waals surface area contributed by atoms with Crippen LogP contribution in [0, 0.1) is 5.92 Å². The van der Waals surface area contributed by atoms with Gasteiger partial charge in [0.25, 0.3) is 0 Å². The van der Waals surface area contributed by atoms with E-state index in [-0.39, 0.29) is 6.61 Å². The first-order valence-electron chi connectivity index (χ1n) is 11.7. The molecule has 1 saturated heterocycles. The number of piperidine rings is 1. The third kappa shape index (κ3) is 8.81. The van der Waals surface area contributed by atoms with Crippen LogP contribution in [0.5, 0.6) is 17.2 Å². The van der Waals surface area contributed by atoms with E-state index < -0.39 is 6.10 Å². The van der Waals surface area contributed by atoms with Crippen molar-refractivity contribution in [1.82, 2.24) is 9.80 Å². The molecule has 182 valence electrons. The largest absolute Gasteiger partial charge is 0.493 e. The summed E-state index contributed by atoms with van der Waals surface area (Å²) in [6, 6.07) is 13.6. The molecule has 0 amide bonds. The van der Waals surface area contributed by atoms with Gasteiger partial charge in [-0.1, -0.05) is 28.9 Å². The normalized spacial score (nSPS) is 16.1. The van der Waals surface area contributed by atoms with Crippen molar-refractivity contribution in [2.45, 2.75) is 32.4 Å². The molecule has 2 aromatic rings. The van der Waals surface area contributed by atoms with Crippen LogP contribution in [0.3, 0.4) is 0 Å². The van der Waals surface area contributed by atoms with Crippen LogP contribution in [0.25, 0.3) is 0 Å². The van der Waals surface area contributed by atoms with Crippen molar-refractivity contribution in [3.63, 3.8) is 0 Å². The molecule has 33 heavy (non-hydrogen) atoms. The van der Waals surface area contributed by atoms with Crippen molar-refractivity contribution >= 4 is 15.9 Å². The molecule has 1 unspecified atom stereocenters. The molecule has 1 fully saturated rings. The quantitative estimate of drug-likeness (QED) is 0.446. The Hall–Kier alpha value is -1.80. The van der Waals surface area contributed by atoms with Gasteiger partial charge < -0.3 is 19.3 Å². The van der Waals surface area contributed by atoms with Crippen LogP contribution in [0.4, 0.5) is 0 Å². The lowest BCUT2D eigenvalue weighted by Crippen LogP contribution is -2.35. The zero-order valence-electron chi connectivity index (χ0n) is 20.0. The summed E-state index contributed by atoms with van der Waals surface area (Å²) in [6.45, 7) is 7.70. The van der Waals surface area contributed by atoms with Crippen molar-refractivity contribution in [3.05, 3.63) is 52.5 Å². The monoisotopic (exact) mass is 520 g/mol. The summed E-state index contributed by atoms with van der Waals surface area (Å²) in [5.41, 5.74) is 1.10. The summed E-state index contributed by atoms with van der Waals surface area (Å²) in [5, 5.41) is 10.4. The lowest BCUT2D eigenvalue weighted by molar-refractivity contribution is 0.0743. The fourth-order valence-electron chi connectivity index (χ4n) is 4.01. The molecule has 3 rings (SSSR count). The van der Waals surface area contributed by atoms with Gasteiger partial charge in [-0.25, -0.2) is 0 Å². The fourth-order valence-corrected chi connectivity index (χ4v) is 4.28. The highest BCUT2D eigenvalue weighted by Gasteiger charge is 2.16. The van der Waals surface area contributed by atoms with Crippen LogP contribution >= 0.6 is 15.9 Å². The minimum atomic E-state index is -0.582. The molecule has 1 aliphatic rings. The second-order valence-corrected chi connectivity index (χ2v) is 9.89. The van der Waals surface area contributed by atoms with Gasteiger partial charge in [0.2, 0.25) is 0 Å². The number of rotatable bonds is 12. The number of aliphatic hydroxyl groups is 1. The first-order valence-corrected chi connectivity index (χ1v) is 12.5. The summed E-state index contributed by atoms with van der Waals surface area (Å²) in [5.74, 6) is 3.10. The van der Waals surface area contributed by atoms with E-state index in [0.29, 0.717) is 19.7 Å². The predicted octanol–water partition coefficient (Wildman–Crippen LogP) is 4.44. The molecule has 0 aliphatic carbocycles. The minimum Gasteiger partial charge on any atom is -0.493 e. The van der Waals surface area contributed by atoms with Crippen LogP contribution in [-0.4, -0.2) is 74.6 Å². The molecule has 0 bridgehead atoms.